The predicted molar refractivity (Wildman–Crippen MR) is 107 cm³/mol. The van der Waals surface area contributed by atoms with E-state index in [1.807, 2.05) is 30.3 Å². The van der Waals surface area contributed by atoms with E-state index >= 15 is 0 Å². The molecular weight excluding hydrogens is 394 g/mol. The van der Waals surface area contributed by atoms with E-state index in [2.05, 4.69) is 5.32 Å². The lowest BCUT2D eigenvalue weighted by Gasteiger charge is -2.47. The van der Waals surface area contributed by atoms with E-state index in [0.29, 0.717) is 13.0 Å². The number of nitrogens with one attached hydrogen (secondary N) is 1. The van der Waals surface area contributed by atoms with Gasteiger partial charge in [-0.3, -0.25) is 0 Å². The van der Waals surface area contributed by atoms with Crippen LogP contribution in [0.3, 0.4) is 0 Å². The Morgan fingerprint density at radius 2 is 1.73 bits per heavy atom. The summed E-state index contributed by atoms with van der Waals surface area (Å²) in [6.07, 6.45) is -9.39. The summed E-state index contributed by atoms with van der Waals surface area (Å²) in [6, 6.07) is 7.41. The summed E-state index contributed by atoms with van der Waals surface area (Å²) in [6.45, 7) is 1.91. The van der Waals surface area contributed by atoms with Gasteiger partial charge in [0.25, 0.3) is 0 Å². The minimum Gasteiger partial charge on any atom is -0.391 e. The van der Waals surface area contributed by atoms with Gasteiger partial charge in [-0.15, -0.1) is 0 Å². The number of aliphatic hydroxyl groups excluding tert-OH is 5. The molecule has 2 fully saturated rings. The van der Waals surface area contributed by atoms with Crippen molar-refractivity contribution >= 4 is 0 Å². The van der Waals surface area contributed by atoms with Crippen molar-refractivity contribution in [3.63, 3.8) is 0 Å². The van der Waals surface area contributed by atoms with Crippen LogP contribution in [0.2, 0.25) is 0 Å². The number of ether oxygens (including phenoxy) is 2. The van der Waals surface area contributed by atoms with Crippen LogP contribution in [0.15, 0.2) is 30.3 Å². The fourth-order valence-corrected chi connectivity index (χ4v) is 4.07. The largest absolute Gasteiger partial charge is 0.391 e. The molecular formula is C20H33N3O7. The third-order valence-corrected chi connectivity index (χ3v) is 5.91. The minimum atomic E-state index is -1.40. The van der Waals surface area contributed by atoms with E-state index in [-0.39, 0.29) is 0 Å². The van der Waals surface area contributed by atoms with Gasteiger partial charge in [0.15, 0.2) is 6.29 Å². The minimum absolute atomic E-state index is 0.322. The highest BCUT2D eigenvalue weighted by molar-refractivity contribution is 5.14. The van der Waals surface area contributed by atoms with Crippen molar-refractivity contribution in [2.24, 2.45) is 11.5 Å². The summed E-state index contributed by atoms with van der Waals surface area (Å²) in [7, 11) is 0. The van der Waals surface area contributed by atoms with Crippen molar-refractivity contribution in [3.8, 4) is 0 Å². The Morgan fingerprint density at radius 3 is 2.37 bits per heavy atom. The molecule has 30 heavy (non-hydrogen) atoms. The highest BCUT2D eigenvalue weighted by Gasteiger charge is 2.49. The van der Waals surface area contributed by atoms with E-state index in [1.165, 1.54) is 6.92 Å². The Bertz CT molecular complexity index is 667. The third-order valence-electron chi connectivity index (χ3n) is 5.91. The van der Waals surface area contributed by atoms with Gasteiger partial charge in [-0.25, -0.2) is 0 Å². The average Bonchev–Trinajstić information content (AvgIpc) is 2.73. The second-order valence-electron chi connectivity index (χ2n) is 8.22. The van der Waals surface area contributed by atoms with Crippen LogP contribution in [-0.2, 0) is 16.0 Å². The molecule has 10 N–H and O–H groups in total. The molecule has 0 spiro atoms. The van der Waals surface area contributed by atoms with Crippen LogP contribution in [-0.4, -0.2) is 92.7 Å². The SMILES string of the molecule is CC(O)C1O[C@H](O[C@@H]2C(N)CC(NCc3ccccc3)[C@@H](O)C2O)C(N)[C@@H](O)[C@@H]1O. The number of hydrogen-bond acceptors (Lipinski definition) is 10. The molecule has 1 aliphatic carbocycles. The number of hydrogen-bond donors (Lipinski definition) is 8. The van der Waals surface area contributed by atoms with Crippen molar-refractivity contribution in [3.05, 3.63) is 35.9 Å². The fraction of sp³-hybridized carbons (Fsp3) is 0.700. The summed E-state index contributed by atoms with van der Waals surface area (Å²) >= 11 is 0. The number of rotatable bonds is 6. The van der Waals surface area contributed by atoms with Gasteiger partial charge in [-0.1, -0.05) is 30.3 Å². The Balaban J connectivity index is 1.63. The van der Waals surface area contributed by atoms with Crippen LogP contribution >= 0.6 is 0 Å². The maximum absolute atomic E-state index is 10.6. The molecule has 2 aliphatic rings. The summed E-state index contributed by atoms with van der Waals surface area (Å²) in [5.74, 6) is 0. The first-order chi connectivity index (χ1) is 14.2. The second-order valence-corrected chi connectivity index (χ2v) is 8.22. The highest BCUT2D eigenvalue weighted by Crippen LogP contribution is 2.28. The number of benzene rings is 1. The summed E-state index contributed by atoms with van der Waals surface area (Å²) < 4.78 is 11.3. The van der Waals surface area contributed by atoms with Gasteiger partial charge < -0.3 is 51.8 Å². The van der Waals surface area contributed by atoms with Crippen LogP contribution in [0.4, 0.5) is 0 Å². The molecule has 1 saturated carbocycles. The van der Waals surface area contributed by atoms with Gasteiger partial charge in [0.2, 0.25) is 0 Å². The normalized spacial score (nSPS) is 43.3. The molecule has 6 unspecified atom stereocenters. The molecule has 10 heteroatoms. The molecule has 1 aliphatic heterocycles. The van der Waals surface area contributed by atoms with Crippen LogP contribution in [0, 0.1) is 0 Å². The summed E-state index contributed by atoms with van der Waals surface area (Å²) in [4.78, 5) is 0. The van der Waals surface area contributed by atoms with Gasteiger partial charge in [0, 0.05) is 18.6 Å². The highest BCUT2D eigenvalue weighted by atomic mass is 16.7. The van der Waals surface area contributed by atoms with Crippen LogP contribution in [0.1, 0.15) is 18.9 Å². The molecule has 0 bridgehead atoms. The van der Waals surface area contributed by atoms with Crippen LogP contribution in [0.25, 0.3) is 0 Å². The maximum Gasteiger partial charge on any atom is 0.176 e. The lowest BCUT2D eigenvalue weighted by atomic mass is 9.84. The smallest absolute Gasteiger partial charge is 0.176 e. The lowest BCUT2D eigenvalue weighted by Crippen LogP contribution is -2.68. The summed E-state index contributed by atoms with van der Waals surface area (Å²) in [5.41, 5.74) is 13.2. The summed E-state index contributed by atoms with van der Waals surface area (Å²) in [5, 5.41) is 54.4. The number of nitrogens with two attached hydrogens (primary N) is 2. The Kier molecular flexibility index (Phi) is 7.80. The van der Waals surface area contributed by atoms with Gasteiger partial charge in [0.05, 0.1) is 18.2 Å². The predicted octanol–water partition coefficient (Wildman–Crippen LogP) is -2.86. The first-order valence-electron chi connectivity index (χ1n) is 10.2. The first-order valence-corrected chi connectivity index (χ1v) is 10.2. The fourth-order valence-electron chi connectivity index (χ4n) is 4.07. The van der Waals surface area contributed by atoms with Crippen LogP contribution in [0.5, 0.6) is 0 Å². The molecule has 1 heterocycles. The van der Waals surface area contributed by atoms with E-state index < -0.39 is 67.1 Å². The molecule has 1 aromatic carbocycles. The standard InChI is InChI=1S/C20H33N3O7/c1-9(24)18-17(28)15(26)13(22)20(29-18)30-19-11(21)7-12(14(25)16(19)27)23-8-10-5-3-2-4-6-10/h2-6,9,11-20,23-28H,7-8,21-22H2,1H3/t9?,11?,12?,13?,14-,15-,16?,17+,18?,19-,20-/m1/s1. The molecule has 0 radical (unpaired) electrons. The Hall–Kier alpha value is -1.18. The topological polar surface area (TPSA) is 184 Å². The molecule has 0 amide bonds. The lowest BCUT2D eigenvalue weighted by molar-refractivity contribution is -0.301. The zero-order valence-corrected chi connectivity index (χ0v) is 16.9. The van der Waals surface area contributed by atoms with Gasteiger partial charge in [-0.05, 0) is 18.9 Å². The quantitative estimate of drug-likeness (QED) is 0.235. The van der Waals surface area contributed by atoms with Crippen molar-refractivity contribution in [2.45, 2.75) is 87.0 Å². The zero-order chi connectivity index (χ0) is 22.0. The van der Waals surface area contributed by atoms with Gasteiger partial charge in [-0.2, -0.15) is 0 Å². The molecule has 170 valence electrons. The molecule has 0 aromatic heterocycles. The molecule has 10 nitrogen and oxygen atoms in total. The van der Waals surface area contributed by atoms with Crippen molar-refractivity contribution in [1.82, 2.24) is 5.32 Å². The van der Waals surface area contributed by atoms with Gasteiger partial charge in [0.1, 0.15) is 30.5 Å². The molecule has 1 saturated heterocycles. The zero-order valence-electron chi connectivity index (χ0n) is 16.9. The molecule has 1 aromatic rings. The Morgan fingerprint density at radius 1 is 1.07 bits per heavy atom. The van der Waals surface area contributed by atoms with Crippen LogP contribution < -0.4 is 16.8 Å². The maximum atomic E-state index is 10.6. The molecule has 3 rings (SSSR count). The Labute approximate surface area is 175 Å². The van der Waals surface area contributed by atoms with Crippen molar-refractivity contribution < 1.29 is 35.0 Å². The van der Waals surface area contributed by atoms with E-state index in [0.717, 1.165) is 5.56 Å². The first kappa shape index (κ1) is 23.5. The second kappa shape index (κ2) is 9.96. The average molecular weight is 427 g/mol. The third kappa shape index (κ3) is 5.00. The van der Waals surface area contributed by atoms with E-state index in [9.17, 15) is 25.5 Å². The van der Waals surface area contributed by atoms with E-state index in [1.54, 1.807) is 0 Å². The number of aliphatic hydroxyl groups is 5. The van der Waals surface area contributed by atoms with Crippen molar-refractivity contribution in [2.75, 3.05) is 0 Å². The monoisotopic (exact) mass is 427 g/mol. The van der Waals surface area contributed by atoms with E-state index in [4.69, 9.17) is 20.9 Å². The van der Waals surface area contributed by atoms with Gasteiger partial charge >= 0.3 is 0 Å². The molecule has 11 atom stereocenters. The van der Waals surface area contributed by atoms with Crippen molar-refractivity contribution in [1.29, 1.82) is 0 Å².